The molecule has 11 rings (SSSR count). The molecule has 296 valence electrons. The van der Waals surface area contributed by atoms with Gasteiger partial charge >= 0.3 is 0 Å². The van der Waals surface area contributed by atoms with E-state index in [-0.39, 0.29) is 17.6 Å². The molecule has 0 saturated heterocycles. The van der Waals surface area contributed by atoms with Gasteiger partial charge in [-0.15, -0.1) is 0 Å². The molecular weight excluding hydrogens is 767 g/mol. The van der Waals surface area contributed by atoms with Gasteiger partial charge in [0, 0.05) is 34.0 Å². The predicted octanol–water partition coefficient (Wildman–Crippen LogP) is 14.5. The first-order valence-electron chi connectivity index (χ1n) is 23.2. The fraction of sp³-hybridized carbons (Fsp3) is 0. The SMILES string of the molecule is [2H]c1c([2H])c([2H])c(-c2cc(-c3ccc(-c4nc5ccccn5c4-c4ccccc4)cc3)cc(-c3nc(-c4ccc(-c5ccccc5)cc4)nc(-c4ccc(-c5ccccc5)cc4)n3)c2)c([2H])c1[2H]. The fourth-order valence-electron chi connectivity index (χ4n) is 8.00. The van der Waals surface area contributed by atoms with Crippen LogP contribution in [-0.4, -0.2) is 24.3 Å². The van der Waals surface area contributed by atoms with Crippen LogP contribution in [0, 0.1) is 0 Å². The van der Waals surface area contributed by atoms with E-state index in [1.165, 1.54) is 0 Å². The van der Waals surface area contributed by atoms with Gasteiger partial charge in [0.25, 0.3) is 0 Å². The minimum absolute atomic E-state index is 0.0791. The molecule has 0 aliphatic heterocycles. The Hall–Kier alpha value is -8.54. The molecule has 63 heavy (non-hydrogen) atoms. The van der Waals surface area contributed by atoms with Crippen LogP contribution in [0.5, 0.6) is 0 Å². The molecule has 0 bridgehead atoms. The summed E-state index contributed by atoms with van der Waals surface area (Å²) in [5.74, 6) is 1.27. The maximum Gasteiger partial charge on any atom is 0.164 e. The normalized spacial score (nSPS) is 12.3. The minimum atomic E-state index is -0.458. The van der Waals surface area contributed by atoms with Gasteiger partial charge in [0.2, 0.25) is 0 Å². The molecule has 3 heterocycles. The topological polar surface area (TPSA) is 56.0 Å². The number of rotatable bonds is 9. The predicted molar refractivity (Wildman–Crippen MR) is 258 cm³/mol. The van der Waals surface area contributed by atoms with Gasteiger partial charge in [0.15, 0.2) is 17.5 Å². The number of pyridine rings is 1. The van der Waals surface area contributed by atoms with Crippen molar-refractivity contribution in [2.45, 2.75) is 0 Å². The van der Waals surface area contributed by atoms with Crippen LogP contribution in [0.4, 0.5) is 0 Å². The molecule has 0 unspecified atom stereocenters. The fourth-order valence-corrected chi connectivity index (χ4v) is 8.00. The van der Waals surface area contributed by atoms with Crippen molar-refractivity contribution in [3.8, 4) is 101 Å². The third-order valence-corrected chi connectivity index (χ3v) is 11.2. The van der Waals surface area contributed by atoms with Crippen LogP contribution >= 0.6 is 0 Å². The first-order valence-corrected chi connectivity index (χ1v) is 20.7. The Morgan fingerprint density at radius 1 is 0.302 bits per heavy atom. The van der Waals surface area contributed by atoms with Gasteiger partial charge in [-0.2, -0.15) is 0 Å². The van der Waals surface area contributed by atoms with Gasteiger partial charge in [-0.3, -0.25) is 4.40 Å². The van der Waals surface area contributed by atoms with Crippen molar-refractivity contribution < 1.29 is 6.85 Å². The summed E-state index contributed by atoms with van der Waals surface area (Å²) in [6, 6.07) is 64.6. The molecule has 3 aromatic heterocycles. The van der Waals surface area contributed by atoms with E-state index in [2.05, 4.69) is 65.1 Å². The summed E-state index contributed by atoms with van der Waals surface area (Å²) in [6.45, 7) is 0. The second-order valence-corrected chi connectivity index (χ2v) is 15.2. The molecule has 5 nitrogen and oxygen atoms in total. The Bertz CT molecular complexity index is 3510. The monoisotopic (exact) mass is 810 g/mol. The first-order chi connectivity index (χ1) is 33.3. The second-order valence-electron chi connectivity index (χ2n) is 15.2. The number of hydrogen-bond donors (Lipinski definition) is 0. The van der Waals surface area contributed by atoms with Crippen LogP contribution in [0.1, 0.15) is 6.85 Å². The summed E-state index contributed by atoms with van der Waals surface area (Å²) in [5, 5.41) is 0. The van der Waals surface area contributed by atoms with Gasteiger partial charge in [0.05, 0.1) is 18.2 Å². The lowest BCUT2D eigenvalue weighted by atomic mass is 9.94. The third kappa shape index (κ3) is 7.60. The van der Waals surface area contributed by atoms with Crippen LogP contribution < -0.4 is 0 Å². The molecule has 0 fully saturated rings. The molecule has 0 atom stereocenters. The second kappa shape index (κ2) is 16.5. The molecule has 11 aromatic rings. The van der Waals surface area contributed by atoms with Crippen LogP contribution in [0.2, 0.25) is 0 Å². The maximum atomic E-state index is 9.01. The molecule has 0 spiro atoms. The van der Waals surface area contributed by atoms with Crippen molar-refractivity contribution in [2.24, 2.45) is 0 Å². The Balaban J connectivity index is 1.08. The van der Waals surface area contributed by atoms with Crippen molar-refractivity contribution in [1.29, 1.82) is 0 Å². The smallest absolute Gasteiger partial charge is 0.164 e. The molecular formula is C58H39N5. The van der Waals surface area contributed by atoms with Gasteiger partial charge in [-0.05, 0) is 74.8 Å². The van der Waals surface area contributed by atoms with Crippen molar-refractivity contribution in [2.75, 3.05) is 0 Å². The van der Waals surface area contributed by atoms with Gasteiger partial charge in [0.1, 0.15) is 5.65 Å². The Morgan fingerprint density at radius 3 is 1.24 bits per heavy atom. The summed E-state index contributed by atoms with van der Waals surface area (Å²) in [4.78, 5) is 20.3. The highest BCUT2D eigenvalue weighted by atomic mass is 15.0. The molecule has 0 aliphatic carbocycles. The van der Waals surface area contributed by atoms with E-state index >= 15 is 0 Å². The Morgan fingerprint density at radius 2 is 0.698 bits per heavy atom. The molecule has 0 N–H and O–H groups in total. The van der Waals surface area contributed by atoms with Crippen molar-refractivity contribution in [1.82, 2.24) is 24.3 Å². The number of aromatic nitrogens is 5. The molecule has 0 saturated carbocycles. The van der Waals surface area contributed by atoms with Crippen LogP contribution in [-0.2, 0) is 0 Å². The largest absolute Gasteiger partial charge is 0.299 e. The standard InChI is InChI=1S/C58H39N5/c1-5-15-40(16-6-1)43-26-32-48(33-27-43)56-60-57(49-34-28-44(29-35-49)41-17-7-2-8-18-41)62-58(61-56)52-38-50(42-19-9-3-10-20-42)37-51(39-52)45-24-30-46(31-25-45)54-55(47-21-11-4-12-22-47)63-36-14-13-23-53(63)59-54/h1-39H/i3D,9D,10D,19D,20D. The summed E-state index contributed by atoms with van der Waals surface area (Å²) < 4.78 is 45.6. The molecule has 0 amide bonds. The Kier molecular flexibility index (Phi) is 8.44. The minimum Gasteiger partial charge on any atom is -0.299 e. The summed E-state index contributed by atoms with van der Waals surface area (Å²) >= 11 is 0. The molecule has 0 radical (unpaired) electrons. The van der Waals surface area contributed by atoms with Gasteiger partial charge < -0.3 is 0 Å². The zero-order valence-electron chi connectivity index (χ0n) is 38.9. The lowest BCUT2D eigenvalue weighted by Gasteiger charge is -2.13. The van der Waals surface area contributed by atoms with E-state index in [4.69, 9.17) is 26.8 Å². The van der Waals surface area contributed by atoms with E-state index in [9.17, 15) is 0 Å². The number of imidazole rings is 1. The van der Waals surface area contributed by atoms with E-state index in [0.29, 0.717) is 28.6 Å². The Labute approximate surface area is 373 Å². The van der Waals surface area contributed by atoms with Crippen molar-refractivity contribution in [3.05, 3.63) is 237 Å². The molecule has 0 aliphatic rings. The average Bonchev–Trinajstić information content (AvgIpc) is 3.80. The number of hydrogen-bond acceptors (Lipinski definition) is 4. The maximum absolute atomic E-state index is 9.01. The molecule has 8 aromatic carbocycles. The van der Waals surface area contributed by atoms with E-state index in [1.807, 2.05) is 140 Å². The number of fused-ring (bicyclic) bond motifs is 1. The van der Waals surface area contributed by atoms with Gasteiger partial charge in [-0.25, -0.2) is 19.9 Å². The summed E-state index contributed by atoms with van der Waals surface area (Å²) in [6.07, 6.45) is 2.02. The zero-order chi connectivity index (χ0) is 46.3. The van der Waals surface area contributed by atoms with Crippen molar-refractivity contribution in [3.63, 3.8) is 0 Å². The summed E-state index contributed by atoms with van der Waals surface area (Å²) in [7, 11) is 0. The molecule has 5 heteroatoms. The first kappa shape index (κ1) is 32.3. The van der Waals surface area contributed by atoms with E-state index < -0.39 is 18.1 Å². The summed E-state index contributed by atoms with van der Waals surface area (Å²) in [5.41, 5.74) is 13.1. The highest BCUT2D eigenvalue weighted by Gasteiger charge is 2.18. The van der Waals surface area contributed by atoms with Crippen LogP contribution in [0.15, 0.2) is 237 Å². The lowest BCUT2D eigenvalue weighted by Crippen LogP contribution is -2.00. The highest BCUT2D eigenvalue weighted by molar-refractivity contribution is 5.85. The average molecular weight is 811 g/mol. The number of nitrogens with zero attached hydrogens (tertiary/aromatic N) is 5. The van der Waals surface area contributed by atoms with Crippen LogP contribution in [0.25, 0.3) is 107 Å². The van der Waals surface area contributed by atoms with Crippen LogP contribution in [0.3, 0.4) is 0 Å². The number of benzene rings is 8. The van der Waals surface area contributed by atoms with Gasteiger partial charge in [-0.1, -0.05) is 200 Å². The zero-order valence-corrected chi connectivity index (χ0v) is 33.9. The quantitative estimate of drug-likeness (QED) is 0.146. The third-order valence-electron chi connectivity index (χ3n) is 11.2. The van der Waals surface area contributed by atoms with E-state index in [0.717, 1.165) is 72.7 Å². The van der Waals surface area contributed by atoms with E-state index in [1.54, 1.807) is 6.07 Å². The lowest BCUT2D eigenvalue weighted by molar-refractivity contribution is 1.07. The van der Waals surface area contributed by atoms with Crippen molar-refractivity contribution >= 4 is 5.65 Å². The highest BCUT2D eigenvalue weighted by Crippen LogP contribution is 2.37.